The van der Waals surface area contributed by atoms with Gasteiger partial charge in [-0.05, 0) is 73.0 Å². The molecule has 1 N–H and O–H groups in total. The molecule has 124 valence electrons. The van der Waals surface area contributed by atoms with E-state index in [4.69, 9.17) is 4.74 Å². The van der Waals surface area contributed by atoms with Crippen LogP contribution in [0, 0.1) is 5.41 Å². The number of hydrogen-bond donors (Lipinski definition) is 1. The summed E-state index contributed by atoms with van der Waals surface area (Å²) in [5, 5.41) is 3.84. The molecule has 2 saturated carbocycles. The van der Waals surface area contributed by atoms with Gasteiger partial charge in [0.05, 0.1) is 6.10 Å². The zero-order chi connectivity index (χ0) is 15.3. The minimum atomic E-state index is 0.491. The van der Waals surface area contributed by atoms with Crippen LogP contribution >= 0.6 is 0 Å². The molecule has 21 heavy (non-hydrogen) atoms. The van der Waals surface area contributed by atoms with E-state index in [1.165, 1.54) is 58.0 Å². The van der Waals surface area contributed by atoms with Gasteiger partial charge in [0.2, 0.25) is 0 Å². The first-order chi connectivity index (χ1) is 10.1. The second kappa shape index (κ2) is 7.94. The van der Waals surface area contributed by atoms with Gasteiger partial charge in [0, 0.05) is 24.1 Å². The number of rotatable bonds is 9. The molecule has 2 fully saturated rings. The normalized spacial score (nSPS) is 27.7. The predicted molar refractivity (Wildman–Crippen MR) is 89.7 cm³/mol. The molecule has 2 atom stereocenters. The lowest BCUT2D eigenvalue weighted by atomic mass is 9.60. The molecule has 0 aromatic carbocycles. The molecule has 2 unspecified atom stereocenters. The maximum absolute atomic E-state index is 5.98. The van der Waals surface area contributed by atoms with Crippen molar-refractivity contribution in [1.29, 1.82) is 0 Å². The topological polar surface area (TPSA) is 24.5 Å². The Morgan fingerprint density at radius 2 is 1.95 bits per heavy atom. The maximum atomic E-state index is 5.98. The van der Waals surface area contributed by atoms with E-state index in [0.29, 0.717) is 17.6 Å². The van der Waals surface area contributed by atoms with Crippen molar-refractivity contribution in [3.63, 3.8) is 0 Å². The van der Waals surface area contributed by atoms with E-state index < -0.39 is 0 Å². The minimum absolute atomic E-state index is 0.491. The molecule has 3 heteroatoms. The first-order valence-corrected chi connectivity index (χ1v) is 9.15. The van der Waals surface area contributed by atoms with E-state index in [9.17, 15) is 0 Å². The van der Waals surface area contributed by atoms with Gasteiger partial charge >= 0.3 is 0 Å². The van der Waals surface area contributed by atoms with Crippen molar-refractivity contribution in [2.24, 2.45) is 5.41 Å². The molecule has 0 bridgehead atoms. The lowest BCUT2D eigenvalue weighted by molar-refractivity contribution is -0.130. The predicted octanol–water partition coefficient (Wildman–Crippen LogP) is 3.43. The standard InChI is InChI=1S/C18H36N2O/c1-5-21-17-14-16(18(17)10-6-7-11-18)19-12-8-9-13-20(4)15(2)3/h15-17,19H,5-14H2,1-4H3. The first kappa shape index (κ1) is 17.2. The Hall–Kier alpha value is -0.120. The van der Waals surface area contributed by atoms with Crippen molar-refractivity contribution in [2.75, 3.05) is 26.7 Å². The van der Waals surface area contributed by atoms with Crippen LogP contribution in [-0.2, 0) is 4.74 Å². The minimum Gasteiger partial charge on any atom is -0.378 e. The SMILES string of the molecule is CCOC1CC(NCCCCN(C)C(C)C)C12CCCC2. The highest BCUT2D eigenvalue weighted by molar-refractivity contribution is 5.09. The van der Waals surface area contributed by atoms with E-state index in [0.717, 1.165) is 12.6 Å². The lowest BCUT2D eigenvalue weighted by Gasteiger charge is -2.54. The Kier molecular flexibility index (Phi) is 6.51. The number of ether oxygens (including phenoxy) is 1. The summed E-state index contributed by atoms with van der Waals surface area (Å²) in [6.07, 6.45) is 9.94. The van der Waals surface area contributed by atoms with Crippen LogP contribution in [0.25, 0.3) is 0 Å². The van der Waals surface area contributed by atoms with Crippen molar-refractivity contribution in [3.05, 3.63) is 0 Å². The van der Waals surface area contributed by atoms with Gasteiger partial charge in [0.25, 0.3) is 0 Å². The molecule has 1 spiro atoms. The summed E-state index contributed by atoms with van der Waals surface area (Å²) in [7, 11) is 2.23. The third-order valence-electron chi connectivity index (χ3n) is 5.90. The zero-order valence-electron chi connectivity index (χ0n) is 14.7. The molecule has 0 aliphatic heterocycles. The summed E-state index contributed by atoms with van der Waals surface area (Å²) >= 11 is 0. The molecule has 0 radical (unpaired) electrons. The van der Waals surface area contributed by atoms with E-state index >= 15 is 0 Å². The monoisotopic (exact) mass is 296 g/mol. The molecule has 0 heterocycles. The van der Waals surface area contributed by atoms with Crippen molar-refractivity contribution < 1.29 is 4.74 Å². The van der Waals surface area contributed by atoms with Gasteiger partial charge in [-0.15, -0.1) is 0 Å². The highest BCUT2D eigenvalue weighted by Crippen LogP contribution is 2.54. The Labute approximate surface area is 131 Å². The molecule has 0 amide bonds. The molecule has 0 aromatic heterocycles. The quantitative estimate of drug-likeness (QED) is 0.660. The van der Waals surface area contributed by atoms with Crippen LogP contribution in [0.15, 0.2) is 0 Å². The number of nitrogens with zero attached hydrogens (tertiary/aromatic N) is 1. The van der Waals surface area contributed by atoms with Gasteiger partial charge in [-0.1, -0.05) is 12.8 Å². The fourth-order valence-corrected chi connectivity index (χ4v) is 4.19. The highest BCUT2D eigenvalue weighted by atomic mass is 16.5. The number of unbranched alkanes of at least 4 members (excludes halogenated alkanes) is 1. The smallest absolute Gasteiger partial charge is 0.0661 e. The van der Waals surface area contributed by atoms with Crippen LogP contribution in [0.2, 0.25) is 0 Å². The Morgan fingerprint density at radius 3 is 2.57 bits per heavy atom. The van der Waals surface area contributed by atoms with Crippen LogP contribution in [0.4, 0.5) is 0 Å². The summed E-state index contributed by atoms with van der Waals surface area (Å²) in [6, 6.07) is 1.39. The van der Waals surface area contributed by atoms with E-state index in [2.05, 4.69) is 38.0 Å². The van der Waals surface area contributed by atoms with Gasteiger partial charge in [0.1, 0.15) is 0 Å². The average molecular weight is 296 g/mol. The zero-order valence-corrected chi connectivity index (χ0v) is 14.7. The second-order valence-corrected chi connectivity index (χ2v) is 7.41. The van der Waals surface area contributed by atoms with E-state index in [1.54, 1.807) is 0 Å². The molecular formula is C18H36N2O. The fourth-order valence-electron chi connectivity index (χ4n) is 4.19. The van der Waals surface area contributed by atoms with Gasteiger partial charge in [-0.25, -0.2) is 0 Å². The first-order valence-electron chi connectivity index (χ1n) is 9.15. The van der Waals surface area contributed by atoms with Gasteiger partial charge in [0.15, 0.2) is 0 Å². The van der Waals surface area contributed by atoms with Gasteiger partial charge in [-0.2, -0.15) is 0 Å². The Morgan fingerprint density at radius 1 is 1.24 bits per heavy atom. The molecule has 0 aromatic rings. The van der Waals surface area contributed by atoms with Crippen LogP contribution in [0.5, 0.6) is 0 Å². The fraction of sp³-hybridized carbons (Fsp3) is 1.00. The number of hydrogen-bond acceptors (Lipinski definition) is 3. The van der Waals surface area contributed by atoms with Crippen molar-refractivity contribution in [1.82, 2.24) is 10.2 Å². The molecule has 3 nitrogen and oxygen atoms in total. The van der Waals surface area contributed by atoms with Crippen LogP contribution in [0.1, 0.15) is 65.7 Å². The van der Waals surface area contributed by atoms with E-state index in [-0.39, 0.29) is 0 Å². The van der Waals surface area contributed by atoms with Crippen LogP contribution in [0.3, 0.4) is 0 Å². The van der Waals surface area contributed by atoms with Crippen LogP contribution < -0.4 is 5.32 Å². The maximum Gasteiger partial charge on any atom is 0.0661 e. The lowest BCUT2D eigenvalue weighted by Crippen LogP contribution is -2.62. The summed E-state index contributed by atoms with van der Waals surface area (Å²) in [5.41, 5.74) is 0.491. The van der Waals surface area contributed by atoms with Gasteiger partial charge in [-0.3, -0.25) is 0 Å². The van der Waals surface area contributed by atoms with Crippen LogP contribution in [-0.4, -0.2) is 49.8 Å². The Balaban J connectivity index is 1.65. The van der Waals surface area contributed by atoms with Crippen molar-refractivity contribution >= 4 is 0 Å². The largest absolute Gasteiger partial charge is 0.378 e. The third kappa shape index (κ3) is 4.00. The number of nitrogens with one attached hydrogen (secondary N) is 1. The summed E-state index contributed by atoms with van der Waals surface area (Å²) in [6.45, 7) is 9.94. The molecular weight excluding hydrogens is 260 g/mol. The third-order valence-corrected chi connectivity index (χ3v) is 5.90. The molecule has 0 saturated heterocycles. The second-order valence-electron chi connectivity index (χ2n) is 7.41. The molecule has 2 rings (SSSR count). The highest BCUT2D eigenvalue weighted by Gasteiger charge is 2.56. The summed E-state index contributed by atoms with van der Waals surface area (Å²) < 4.78 is 5.98. The molecule has 2 aliphatic rings. The van der Waals surface area contributed by atoms with Crippen molar-refractivity contribution in [2.45, 2.75) is 83.9 Å². The van der Waals surface area contributed by atoms with Crippen molar-refractivity contribution in [3.8, 4) is 0 Å². The summed E-state index contributed by atoms with van der Waals surface area (Å²) in [5.74, 6) is 0. The summed E-state index contributed by atoms with van der Waals surface area (Å²) in [4.78, 5) is 2.44. The van der Waals surface area contributed by atoms with Gasteiger partial charge < -0.3 is 15.0 Å². The average Bonchev–Trinajstić information content (AvgIpc) is 2.96. The van der Waals surface area contributed by atoms with E-state index in [1.807, 2.05) is 0 Å². The molecule has 2 aliphatic carbocycles. The Bertz CT molecular complexity index is 300.